The van der Waals surface area contributed by atoms with Crippen LogP contribution in [0.1, 0.15) is 21.7 Å². The summed E-state index contributed by atoms with van der Waals surface area (Å²) in [6.07, 6.45) is 3.10. The lowest BCUT2D eigenvalue weighted by Gasteiger charge is -2.04. The van der Waals surface area contributed by atoms with Gasteiger partial charge in [-0.25, -0.2) is 9.18 Å². The van der Waals surface area contributed by atoms with Crippen LogP contribution >= 0.6 is 11.6 Å². The predicted molar refractivity (Wildman–Crippen MR) is 102 cm³/mol. The summed E-state index contributed by atoms with van der Waals surface area (Å²) in [7, 11) is 1.22. The van der Waals surface area contributed by atoms with E-state index >= 15 is 0 Å². The van der Waals surface area contributed by atoms with Gasteiger partial charge in [-0.3, -0.25) is 0 Å². The van der Waals surface area contributed by atoms with E-state index < -0.39 is 11.8 Å². The van der Waals surface area contributed by atoms with Crippen LogP contribution in [0.4, 0.5) is 10.1 Å². The van der Waals surface area contributed by atoms with Crippen LogP contribution in [0.25, 0.3) is 17.3 Å². The lowest BCUT2D eigenvalue weighted by Crippen LogP contribution is -2.04. The summed E-state index contributed by atoms with van der Waals surface area (Å²) >= 11 is 6.09. The van der Waals surface area contributed by atoms with Crippen LogP contribution in [-0.4, -0.2) is 18.2 Å². The number of aromatic nitrogens is 1. The van der Waals surface area contributed by atoms with Gasteiger partial charge in [-0.1, -0.05) is 40.5 Å². The number of carbonyl (C=O) groups excluding carboxylic acids is 1. The third kappa shape index (κ3) is 4.01. The van der Waals surface area contributed by atoms with Crippen LogP contribution < -0.4 is 5.32 Å². The number of anilines is 1. The minimum Gasteiger partial charge on any atom is -0.465 e. The molecular weight excluding hydrogens is 371 g/mol. The van der Waals surface area contributed by atoms with Gasteiger partial charge in [0.15, 0.2) is 5.76 Å². The van der Waals surface area contributed by atoms with Crippen molar-refractivity contribution in [3.63, 3.8) is 0 Å². The number of nitrogens with zero attached hydrogens (tertiary/aromatic N) is 1. The van der Waals surface area contributed by atoms with Gasteiger partial charge >= 0.3 is 5.97 Å². The first-order valence-corrected chi connectivity index (χ1v) is 8.41. The average Bonchev–Trinajstić information content (AvgIpc) is 3.06. The standard InChI is InChI=1S/C20H16ClFN2O3/c1-12-6-8-13(9-7-12)23-11-10-16-18(20(25)26-2)19(24-27-16)17-14(21)4-3-5-15(17)22/h3-11,23H,1-2H3/b11-10-. The SMILES string of the molecule is COC(=O)c1c(-c2c(F)cccc2Cl)noc1/C=C\Nc1ccc(C)cc1. The van der Waals surface area contributed by atoms with E-state index in [0.29, 0.717) is 0 Å². The summed E-state index contributed by atoms with van der Waals surface area (Å²) in [6, 6.07) is 11.9. The highest BCUT2D eigenvalue weighted by atomic mass is 35.5. The van der Waals surface area contributed by atoms with Crippen molar-refractivity contribution < 1.29 is 18.4 Å². The maximum atomic E-state index is 14.3. The van der Waals surface area contributed by atoms with Crippen LogP contribution in [0, 0.1) is 12.7 Å². The van der Waals surface area contributed by atoms with Gasteiger partial charge in [-0.15, -0.1) is 0 Å². The van der Waals surface area contributed by atoms with Gasteiger partial charge < -0.3 is 14.6 Å². The summed E-state index contributed by atoms with van der Waals surface area (Å²) in [5.41, 5.74) is 1.95. The van der Waals surface area contributed by atoms with Crippen molar-refractivity contribution in [1.29, 1.82) is 0 Å². The molecule has 0 spiro atoms. The number of carbonyl (C=O) groups is 1. The van der Waals surface area contributed by atoms with E-state index in [9.17, 15) is 9.18 Å². The molecular formula is C20H16ClFN2O3. The smallest absolute Gasteiger partial charge is 0.344 e. The monoisotopic (exact) mass is 386 g/mol. The van der Waals surface area contributed by atoms with Crippen molar-refractivity contribution in [2.24, 2.45) is 0 Å². The summed E-state index contributed by atoms with van der Waals surface area (Å²) in [5.74, 6) is -1.20. The Morgan fingerprint density at radius 3 is 2.67 bits per heavy atom. The highest BCUT2D eigenvalue weighted by molar-refractivity contribution is 6.33. The zero-order valence-electron chi connectivity index (χ0n) is 14.6. The molecule has 0 saturated heterocycles. The second-order valence-electron chi connectivity index (χ2n) is 5.70. The molecule has 0 atom stereocenters. The Labute approximate surface area is 160 Å². The summed E-state index contributed by atoms with van der Waals surface area (Å²) in [4.78, 5) is 12.2. The first-order valence-electron chi connectivity index (χ1n) is 8.03. The number of benzene rings is 2. The molecule has 1 N–H and O–H groups in total. The van der Waals surface area contributed by atoms with Crippen molar-refractivity contribution in [3.05, 3.63) is 76.4 Å². The number of aryl methyl sites for hydroxylation is 1. The van der Waals surface area contributed by atoms with Crippen molar-refractivity contribution in [1.82, 2.24) is 5.16 Å². The highest BCUT2D eigenvalue weighted by Crippen LogP contribution is 2.34. The van der Waals surface area contributed by atoms with Crippen molar-refractivity contribution in [2.75, 3.05) is 12.4 Å². The molecule has 1 aromatic heterocycles. The van der Waals surface area contributed by atoms with E-state index in [1.165, 1.54) is 31.4 Å². The van der Waals surface area contributed by atoms with E-state index in [1.54, 1.807) is 6.20 Å². The molecule has 0 amide bonds. The van der Waals surface area contributed by atoms with Crippen molar-refractivity contribution in [3.8, 4) is 11.3 Å². The largest absolute Gasteiger partial charge is 0.465 e. The van der Waals surface area contributed by atoms with Gasteiger partial charge in [0.1, 0.15) is 17.1 Å². The van der Waals surface area contributed by atoms with E-state index in [-0.39, 0.29) is 27.6 Å². The molecule has 0 aliphatic carbocycles. The molecule has 0 bridgehead atoms. The van der Waals surface area contributed by atoms with Gasteiger partial charge in [0.2, 0.25) is 0 Å². The molecule has 3 rings (SSSR count). The third-order valence-electron chi connectivity index (χ3n) is 3.84. The van der Waals surface area contributed by atoms with Gasteiger partial charge in [0.05, 0.1) is 17.7 Å². The third-order valence-corrected chi connectivity index (χ3v) is 4.16. The Morgan fingerprint density at radius 2 is 2.00 bits per heavy atom. The first kappa shape index (κ1) is 18.7. The molecule has 0 aliphatic heterocycles. The van der Waals surface area contributed by atoms with Gasteiger partial charge in [-0.2, -0.15) is 0 Å². The van der Waals surface area contributed by atoms with Gasteiger partial charge in [-0.05, 0) is 31.2 Å². The molecule has 1 heterocycles. The number of nitrogens with one attached hydrogen (secondary N) is 1. The minimum absolute atomic E-state index is 0.00791. The quantitative estimate of drug-likeness (QED) is 0.602. The minimum atomic E-state index is -0.708. The lowest BCUT2D eigenvalue weighted by molar-refractivity contribution is 0.0600. The maximum absolute atomic E-state index is 14.3. The van der Waals surface area contributed by atoms with E-state index in [2.05, 4.69) is 10.5 Å². The molecule has 138 valence electrons. The number of ether oxygens (including phenoxy) is 1. The van der Waals surface area contributed by atoms with Crippen LogP contribution in [0.2, 0.25) is 5.02 Å². The average molecular weight is 387 g/mol. The second-order valence-corrected chi connectivity index (χ2v) is 6.11. The topological polar surface area (TPSA) is 64.4 Å². The first-order chi connectivity index (χ1) is 13.0. The van der Waals surface area contributed by atoms with Crippen LogP contribution in [0.15, 0.2) is 53.2 Å². The molecule has 27 heavy (non-hydrogen) atoms. The number of rotatable bonds is 5. The van der Waals surface area contributed by atoms with Crippen LogP contribution in [-0.2, 0) is 4.74 Å². The highest BCUT2D eigenvalue weighted by Gasteiger charge is 2.26. The fraction of sp³-hybridized carbons (Fsp3) is 0.100. The van der Waals surface area contributed by atoms with Crippen molar-refractivity contribution >= 4 is 29.3 Å². The molecule has 0 saturated carbocycles. The molecule has 3 aromatic rings. The fourth-order valence-electron chi connectivity index (χ4n) is 2.47. The number of hydrogen-bond acceptors (Lipinski definition) is 5. The number of methoxy groups -OCH3 is 1. The predicted octanol–water partition coefficient (Wildman–Crippen LogP) is 5.31. The van der Waals surface area contributed by atoms with Crippen LogP contribution in [0.3, 0.4) is 0 Å². The van der Waals surface area contributed by atoms with E-state index in [4.69, 9.17) is 20.9 Å². The zero-order valence-corrected chi connectivity index (χ0v) is 15.4. The summed E-state index contributed by atoms with van der Waals surface area (Å²) in [6.45, 7) is 1.99. The number of esters is 1. The summed E-state index contributed by atoms with van der Waals surface area (Å²) < 4.78 is 24.3. The maximum Gasteiger partial charge on any atom is 0.344 e. The molecule has 0 fully saturated rings. The molecule has 0 unspecified atom stereocenters. The molecule has 0 aliphatic rings. The lowest BCUT2D eigenvalue weighted by atomic mass is 10.1. The van der Waals surface area contributed by atoms with Crippen molar-refractivity contribution in [2.45, 2.75) is 6.92 Å². The number of hydrogen-bond donors (Lipinski definition) is 1. The Balaban J connectivity index is 1.96. The zero-order chi connectivity index (χ0) is 19.4. The second kappa shape index (κ2) is 8.05. The molecule has 5 nitrogen and oxygen atoms in total. The number of halogens is 2. The Bertz CT molecular complexity index is 977. The van der Waals surface area contributed by atoms with Gasteiger partial charge in [0, 0.05) is 18.0 Å². The Kier molecular flexibility index (Phi) is 5.57. The molecule has 0 radical (unpaired) electrons. The normalized spacial score (nSPS) is 11.0. The van der Waals surface area contributed by atoms with Gasteiger partial charge in [0.25, 0.3) is 0 Å². The summed E-state index contributed by atoms with van der Waals surface area (Å²) in [5, 5.41) is 7.00. The van der Waals surface area contributed by atoms with E-state index in [1.807, 2.05) is 31.2 Å². The Hall–Kier alpha value is -3.12. The van der Waals surface area contributed by atoms with Crippen LogP contribution in [0.5, 0.6) is 0 Å². The Morgan fingerprint density at radius 1 is 1.26 bits per heavy atom. The van der Waals surface area contributed by atoms with E-state index in [0.717, 1.165) is 11.3 Å². The fourth-order valence-corrected chi connectivity index (χ4v) is 2.73. The molecule has 7 heteroatoms. The molecule has 2 aromatic carbocycles.